The van der Waals surface area contributed by atoms with E-state index in [0.29, 0.717) is 18.2 Å². The van der Waals surface area contributed by atoms with Crippen molar-refractivity contribution < 1.29 is 4.39 Å². The zero-order valence-electron chi connectivity index (χ0n) is 12.9. The maximum Gasteiger partial charge on any atom is 0.144 e. The molecule has 2 aromatic rings. The largest absolute Gasteiger partial charge is 0.328 e. The van der Waals surface area contributed by atoms with E-state index in [4.69, 9.17) is 23.2 Å². The van der Waals surface area contributed by atoms with Crippen LogP contribution in [0.1, 0.15) is 33.5 Å². The van der Waals surface area contributed by atoms with Gasteiger partial charge in [-0.3, -0.25) is 0 Å². The molecule has 0 saturated carbocycles. The topological polar surface area (TPSA) is 17.8 Å². The second kappa shape index (κ2) is 6.13. The number of aryl methyl sites for hydroxylation is 1. The Labute approximate surface area is 135 Å². The highest BCUT2D eigenvalue weighted by atomic mass is 35.5. The summed E-state index contributed by atoms with van der Waals surface area (Å²) < 4.78 is 15.9. The normalized spacial score (nSPS) is 13.9. The zero-order chi connectivity index (χ0) is 15.8. The van der Waals surface area contributed by atoms with Crippen LogP contribution in [0, 0.1) is 17.2 Å². The quantitative estimate of drug-likeness (QED) is 0.696. The van der Waals surface area contributed by atoms with Crippen molar-refractivity contribution in [2.24, 2.45) is 11.3 Å². The summed E-state index contributed by atoms with van der Waals surface area (Å²) in [7, 11) is 0. The van der Waals surface area contributed by atoms with Gasteiger partial charge in [0.1, 0.15) is 11.6 Å². The lowest BCUT2D eigenvalue weighted by Gasteiger charge is -2.28. The smallest absolute Gasteiger partial charge is 0.144 e. The summed E-state index contributed by atoms with van der Waals surface area (Å²) >= 11 is 11.7. The van der Waals surface area contributed by atoms with E-state index in [1.54, 1.807) is 6.07 Å². The average molecular weight is 331 g/mol. The average Bonchev–Trinajstić information content (AvgIpc) is 2.67. The summed E-state index contributed by atoms with van der Waals surface area (Å²) in [6.07, 6.45) is 0.659. The van der Waals surface area contributed by atoms with Gasteiger partial charge in [0.05, 0.1) is 16.1 Å². The van der Waals surface area contributed by atoms with Gasteiger partial charge in [0.15, 0.2) is 0 Å². The number of benzene rings is 1. The highest BCUT2D eigenvalue weighted by Crippen LogP contribution is 2.30. The Kier molecular flexibility index (Phi) is 4.84. The first kappa shape index (κ1) is 16.6. The Morgan fingerprint density at radius 2 is 2.00 bits per heavy atom. The molecule has 0 fully saturated rings. The summed E-state index contributed by atoms with van der Waals surface area (Å²) in [5.41, 5.74) is 1.68. The van der Waals surface area contributed by atoms with Crippen LogP contribution < -0.4 is 0 Å². The Hall–Kier alpha value is -0.800. The number of fused-ring (bicyclic) bond motifs is 1. The van der Waals surface area contributed by atoms with E-state index < -0.39 is 5.82 Å². The second-order valence-corrected chi connectivity index (χ2v) is 7.38. The number of halogens is 3. The van der Waals surface area contributed by atoms with E-state index in [1.807, 2.05) is 0 Å². The third kappa shape index (κ3) is 3.51. The Balaban J connectivity index is 2.53. The first-order valence-corrected chi connectivity index (χ1v) is 8.05. The Bertz CT molecular complexity index is 644. The molecule has 0 aliphatic heterocycles. The minimum absolute atomic E-state index is 0.105. The molecule has 0 amide bonds. The zero-order valence-corrected chi connectivity index (χ0v) is 14.4. The minimum atomic E-state index is -0.411. The number of hydrogen-bond donors (Lipinski definition) is 0. The lowest BCUT2D eigenvalue weighted by molar-refractivity contribution is 0.233. The van der Waals surface area contributed by atoms with Gasteiger partial charge in [-0.2, -0.15) is 0 Å². The van der Waals surface area contributed by atoms with Crippen LogP contribution >= 0.6 is 23.2 Å². The monoisotopic (exact) mass is 330 g/mol. The highest BCUT2D eigenvalue weighted by molar-refractivity contribution is 6.31. The molecule has 0 aliphatic rings. The summed E-state index contributed by atoms with van der Waals surface area (Å²) in [5.74, 6) is 1.38. The van der Waals surface area contributed by atoms with Crippen LogP contribution in [0.5, 0.6) is 0 Å². The van der Waals surface area contributed by atoms with Crippen LogP contribution in [0.15, 0.2) is 12.1 Å². The van der Waals surface area contributed by atoms with Gasteiger partial charge < -0.3 is 4.57 Å². The molecule has 116 valence electrons. The van der Waals surface area contributed by atoms with Gasteiger partial charge in [-0.05, 0) is 17.4 Å². The molecule has 0 bridgehead atoms. The molecule has 1 unspecified atom stereocenters. The van der Waals surface area contributed by atoms with Crippen LogP contribution in [0.25, 0.3) is 11.0 Å². The Morgan fingerprint density at radius 3 is 2.57 bits per heavy atom. The van der Waals surface area contributed by atoms with E-state index in [-0.39, 0.29) is 10.4 Å². The van der Waals surface area contributed by atoms with Crippen LogP contribution in [-0.4, -0.2) is 15.4 Å². The number of alkyl halides is 1. The molecule has 1 heterocycles. The molecular formula is C16H21Cl2FN2. The molecule has 5 heteroatoms. The van der Waals surface area contributed by atoms with Crippen LogP contribution in [0.2, 0.25) is 5.02 Å². The summed E-state index contributed by atoms with van der Waals surface area (Å²) in [4.78, 5) is 4.57. The lowest BCUT2D eigenvalue weighted by atomic mass is 9.82. The van der Waals surface area contributed by atoms with Crippen LogP contribution in [0.4, 0.5) is 4.39 Å². The molecule has 21 heavy (non-hydrogen) atoms. The van der Waals surface area contributed by atoms with Crippen molar-refractivity contribution in [1.82, 2.24) is 9.55 Å². The SMILES string of the molecule is CC(Cn1c(CCCl)nc2cc(Cl)c(F)cc21)C(C)(C)C. The van der Waals surface area contributed by atoms with Crippen LogP contribution in [0.3, 0.4) is 0 Å². The summed E-state index contributed by atoms with van der Waals surface area (Å²) in [6, 6.07) is 3.06. The third-order valence-electron chi connectivity index (χ3n) is 4.12. The number of hydrogen-bond acceptors (Lipinski definition) is 1. The molecule has 0 saturated heterocycles. The van der Waals surface area contributed by atoms with Gasteiger partial charge in [0, 0.05) is 24.9 Å². The van der Waals surface area contributed by atoms with Crippen LogP contribution in [-0.2, 0) is 13.0 Å². The van der Waals surface area contributed by atoms with Crippen molar-refractivity contribution in [1.29, 1.82) is 0 Å². The van der Waals surface area contributed by atoms with Crippen molar-refractivity contribution in [3.8, 4) is 0 Å². The molecule has 0 spiro atoms. The molecular weight excluding hydrogens is 310 g/mol. The van der Waals surface area contributed by atoms with E-state index in [2.05, 4.69) is 37.2 Å². The fourth-order valence-electron chi connectivity index (χ4n) is 2.20. The minimum Gasteiger partial charge on any atom is -0.328 e. The van der Waals surface area contributed by atoms with E-state index >= 15 is 0 Å². The fourth-order valence-corrected chi connectivity index (χ4v) is 2.52. The molecule has 1 atom stereocenters. The van der Waals surface area contributed by atoms with Gasteiger partial charge in [0.2, 0.25) is 0 Å². The van der Waals surface area contributed by atoms with Gasteiger partial charge in [0.25, 0.3) is 0 Å². The van der Waals surface area contributed by atoms with Crippen molar-refractivity contribution in [2.75, 3.05) is 5.88 Å². The third-order valence-corrected chi connectivity index (χ3v) is 4.60. The predicted molar refractivity (Wildman–Crippen MR) is 87.7 cm³/mol. The number of aromatic nitrogens is 2. The first-order valence-electron chi connectivity index (χ1n) is 7.14. The highest BCUT2D eigenvalue weighted by Gasteiger charge is 2.23. The first-order chi connectivity index (χ1) is 9.74. The number of imidazole rings is 1. The second-order valence-electron chi connectivity index (χ2n) is 6.60. The van der Waals surface area contributed by atoms with Gasteiger partial charge in [-0.1, -0.05) is 39.3 Å². The maximum atomic E-state index is 13.8. The molecule has 1 aromatic heterocycles. The molecule has 2 rings (SSSR count). The molecule has 0 aliphatic carbocycles. The Morgan fingerprint density at radius 1 is 1.33 bits per heavy atom. The predicted octanol–water partition coefficient (Wildman–Crippen LogP) is 5.29. The van der Waals surface area contributed by atoms with Gasteiger partial charge >= 0.3 is 0 Å². The van der Waals surface area contributed by atoms with E-state index in [9.17, 15) is 4.39 Å². The molecule has 0 radical (unpaired) electrons. The molecule has 1 aromatic carbocycles. The molecule has 2 nitrogen and oxygen atoms in total. The maximum absolute atomic E-state index is 13.8. The van der Waals surface area contributed by atoms with Gasteiger partial charge in [-0.25, -0.2) is 9.37 Å². The summed E-state index contributed by atoms with van der Waals surface area (Å²) in [6.45, 7) is 9.59. The van der Waals surface area contributed by atoms with Crippen molar-refractivity contribution in [2.45, 2.75) is 40.7 Å². The van der Waals surface area contributed by atoms with E-state index in [1.165, 1.54) is 6.07 Å². The lowest BCUT2D eigenvalue weighted by Crippen LogP contribution is -2.23. The number of nitrogens with zero attached hydrogens (tertiary/aromatic N) is 2. The van der Waals surface area contributed by atoms with Gasteiger partial charge in [-0.15, -0.1) is 11.6 Å². The standard InChI is InChI=1S/C16H21Cl2FN2/c1-10(16(2,3)4)9-21-14-8-12(19)11(18)7-13(14)20-15(21)5-6-17/h7-8,10H,5-6,9H2,1-4H3. The number of rotatable bonds is 4. The van der Waals surface area contributed by atoms with Crippen molar-refractivity contribution in [3.63, 3.8) is 0 Å². The van der Waals surface area contributed by atoms with E-state index in [0.717, 1.165) is 23.4 Å². The van der Waals surface area contributed by atoms with Crippen molar-refractivity contribution >= 4 is 34.2 Å². The molecule has 0 N–H and O–H groups in total. The van der Waals surface area contributed by atoms with Crippen molar-refractivity contribution in [3.05, 3.63) is 28.8 Å². The summed E-state index contributed by atoms with van der Waals surface area (Å²) in [5, 5.41) is 0.105. The fraction of sp³-hybridized carbons (Fsp3) is 0.562.